The van der Waals surface area contributed by atoms with Crippen molar-refractivity contribution in [3.05, 3.63) is 58.6 Å². The molecule has 0 saturated carbocycles. The van der Waals surface area contributed by atoms with Crippen molar-refractivity contribution in [3.8, 4) is 5.75 Å². The molecule has 0 fully saturated rings. The quantitative estimate of drug-likeness (QED) is 0.842. The van der Waals surface area contributed by atoms with Gasteiger partial charge in [0.1, 0.15) is 5.75 Å². The van der Waals surface area contributed by atoms with E-state index in [1.54, 1.807) is 12.1 Å². The molecule has 1 amide bonds. The van der Waals surface area contributed by atoms with Gasteiger partial charge in [-0.3, -0.25) is 4.79 Å². The number of aliphatic hydroxyl groups is 1. The summed E-state index contributed by atoms with van der Waals surface area (Å²) in [6.07, 6.45) is 0.614. The number of anilines is 1. The number of para-hydroxylation sites is 1. The molecule has 2 aromatic carbocycles. The van der Waals surface area contributed by atoms with Crippen LogP contribution in [-0.2, 0) is 11.2 Å². The number of hydrogen-bond acceptors (Lipinski definition) is 3. The van der Waals surface area contributed by atoms with E-state index in [9.17, 15) is 4.79 Å². The number of amides is 1. The fourth-order valence-electron chi connectivity index (χ4n) is 1.78. The van der Waals surface area contributed by atoms with E-state index in [-0.39, 0.29) is 19.1 Å². The number of rotatable bonds is 6. The Hall–Kier alpha value is -1.85. The minimum atomic E-state index is -0.221. The smallest absolute Gasteiger partial charge is 0.262 e. The van der Waals surface area contributed by atoms with E-state index in [1.807, 2.05) is 36.4 Å². The summed E-state index contributed by atoms with van der Waals surface area (Å²) in [7, 11) is 0. The highest BCUT2D eigenvalue weighted by Gasteiger charge is 2.06. The molecular weight excluding hydrogens is 334 g/mol. The standard InChI is InChI=1S/C16H16BrNO3/c17-14-3-1-2-4-15(14)18-16(20)11-21-13-7-5-12(6-8-13)9-10-19/h1-8,19H,9-11H2,(H,18,20). The van der Waals surface area contributed by atoms with Gasteiger partial charge in [0.2, 0.25) is 0 Å². The average Bonchev–Trinajstić information content (AvgIpc) is 2.49. The van der Waals surface area contributed by atoms with Crippen LogP contribution < -0.4 is 10.1 Å². The molecule has 5 heteroatoms. The first-order valence-electron chi connectivity index (χ1n) is 6.56. The topological polar surface area (TPSA) is 58.6 Å². The van der Waals surface area contributed by atoms with Crippen molar-refractivity contribution >= 4 is 27.5 Å². The van der Waals surface area contributed by atoms with Crippen LogP contribution in [0.1, 0.15) is 5.56 Å². The van der Waals surface area contributed by atoms with Crippen LogP contribution in [0.5, 0.6) is 5.75 Å². The molecule has 0 bridgehead atoms. The highest BCUT2D eigenvalue weighted by molar-refractivity contribution is 9.10. The van der Waals surface area contributed by atoms with Crippen LogP contribution in [0.3, 0.4) is 0 Å². The third-order valence-electron chi connectivity index (χ3n) is 2.84. The van der Waals surface area contributed by atoms with Crippen LogP contribution >= 0.6 is 15.9 Å². The molecule has 0 aliphatic heterocycles. The third-order valence-corrected chi connectivity index (χ3v) is 3.53. The summed E-state index contributed by atoms with van der Waals surface area (Å²) in [6.45, 7) is 0.0647. The highest BCUT2D eigenvalue weighted by atomic mass is 79.9. The van der Waals surface area contributed by atoms with Crippen molar-refractivity contribution in [2.24, 2.45) is 0 Å². The molecule has 0 radical (unpaired) electrons. The van der Waals surface area contributed by atoms with Crippen molar-refractivity contribution in [2.45, 2.75) is 6.42 Å². The zero-order valence-electron chi connectivity index (χ0n) is 11.4. The van der Waals surface area contributed by atoms with Gasteiger partial charge in [-0.25, -0.2) is 0 Å². The van der Waals surface area contributed by atoms with Crippen LogP contribution in [0, 0.1) is 0 Å². The number of carbonyl (C=O) groups excluding carboxylic acids is 1. The minimum absolute atomic E-state index is 0.0549. The van der Waals surface area contributed by atoms with Gasteiger partial charge in [0, 0.05) is 11.1 Å². The second-order valence-electron chi connectivity index (χ2n) is 4.43. The van der Waals surface area contributed by atoms with E-state index in [0.717, 1.165) is 10.0 Å². The zero-order valence-corrected chi connectivity index (χ0v) is 13.0. The van der Waals surface area contributed by atoms with Crippen molar-refractivity contribution in [2.75, 3.05) is 18.5 Å². The predicted octanol–water partition coefficient (Wildman–Crippen LogP) is 3.00. The largest absolute Gasteiger partial charge is 0.484 e. The Kier molecular flexibility index (Phi) is 5.78. The molecule has 2 aromatic rings. The van der Waals surface area contributed by atoms with Crippen LogP contribution in [0.2, 0.25) is 0 Å². The maximum absolute atomic E-state index is 11.8. The summed E-state index contributed by atoms with van der Waals surface area (Å²) < 4.78 is 6.25. The molecule has 110 valence electrons. The Morgan fingerprint density at radius 1 is 1.14 bits per heavy atom. The molecule has 0 heterocycles. The molecule has 21 heavy (non-hydrogen) atoms. The molecule has 0 spiro atoms. The normalized spacial score (nSPS) is 10.2. The molecule has 0 aromatic heterocycles. The Labute approximate surface area is 131 Å². The van der Waals surface area contributed by atoms with E-state index in [0.29, 0.717) is 17.9 Å². The Bertz CT molecular complexity index is 599. The monoisotopic (exact) mass is 349 g/mol. The van der Waals surface area contributed by atoms with Gasteiger partial charge in [-0.05, 0) is 52.2 Å². The summed E-state index contributed by atoms with van der Waals surface area (Å²) >= 11 is 3.37. The maximum Gasteiger partial charge on any atom is 0.262 e. The first kappa shape index (κ1) is 15.5. The highest BCUT2D eigenvalue weighted by Crippen LogP contribution is 2.21. The molecule has 4 nitrogen and oxygen atoms in total. The van der Waals surface area contributed by atoms with Gasteiger partial charge < -0.3 is 15.2 Å². The number of benzene rings is 2. The predicted molar refractivity (Wildman–Crippen MR) is 85.5 cm³/mol. The summed E-state index contributed by atoms with van der Waals surface area (Å²) in [5.74, 6) is 0.403. The van der Waals surface area contributed by atoms with Crippen LogP contribution in [0.4, 0.5) is 5.69 Å². The third kappa shape index (κ3) is 4.88. The van der Waals surface area contributed by atoms with E-state index < -0.39 is 0 Å². The molecule has 0 unspecified atom stereocenters. The van der Waals surface area contributed by atoms with E-state index >= 15 is 0 Å². The fourth-order valence-corrected chi connectivity index (χ4v) is 2.16. The second kappa shape index (κ2) is 7.81. The van der Waals surface area contributed by atoms with Crippen molar-refractivity contribution in [3.63, 3.8) is 0 Å². The fraction of sp³-hybridized carbons (Fsp3) is 0.188. The number of carbonyl (C=O) groups is 1. The minimum Gasteiger partial charge on any atom is -0.484 e. The lowest BCUT2D eigenvalue weighted by atomic mass is 10.1. The number of halogens is 1. The zero-order chi connectivity index (χ0) is 15.1. The van der Waals surface area contributed by atoms with E-state index in [1.165, 1.54) is 0 Å². The Balaban J connectivity index is 1.85. The Morgan fingerprint density at radius 3 is 2.52 bits per heavy atom. The van der Waals surface area contributed by atoms with Crippen molar-refractivity contribution in [1.29, 1.82) is 0 Å². The molecule has 0 atom stereocenters. The van der Waals surface area contributed by atoms with Gasteiger partial charge in [0.15, 0.2) is 6.61 Å². The van der Waals surface area contributed by atoms with Gasteiger partial charge in [-0.1, -0.05) is 24.3 Å². The van der Waals surface area contributed by atoms with Crippen LogP contribution in [0.25, 0.3) is 0 Å². The summed E-state index contributed by atoms with van der Waals surface area (Å²) in [5, 5.41) is 11.6. The van der Waals surface area contributed by atoms with Crippen LogP contribution in [0.15, 0.2) is 53.0 Å². The first-order chi connectivity index (χ1) is 10.2. The molecule has 0 saturated heterocycles. The van der Waals surface area contributed by atoms with E-state index in [4.69, 9.17) is 9.84 Å². The molecule has 0 aliphatic carbocycles. The van der Waals surface area contributed by atoms with Gasteiger partial charge in [0.25, 0.3) is 5.91 Å². The van der Waals surface area contributed by atoms with Gasteiger partial charge in [-0.15, -0.1) is 0 Å². The molecule has 0 aliphatic rings. The lowest BCUT2D eigenvalue weighted by Crippen LogP contribution is -2.20. The summed E-state index contributed by atoms with van der Waals surface area (Å²) in [4.78, 5) is 11.8. The molecule has 2 N–H and O–H groups in total. The lowest BCUT2D eigenvalue weighted by Gasteiger charge is -2.09. The first-order valence-corrected chi connectivity index (χ1v) is 7.35. The number of nitrogens with one attached hydrogen (secondary N) is 1. The average molecular weight is 350 g/mol. The van der Waals surface area contributed by atoms with Crippen molar-refractivity contribution in [1.82, 2.24) is 0 Å². The van der Waals surface area contributed by atoms with E-state index in [2.05, 4.69) is 21.2 Å². The maximum atomic E-state index is 11.8. The number of hydrogen-bond donors (Lipinski definition) is 2. The number of aliphatic hydroxyl groups excluding tert-OH is 1. The van der Waals surface area contributed by atoms with Gasteiger partial charge in [0.05, 0.1) is 5.69 Å². The SMILES string of the molecule is O=C(COc1ccc(CCO)cc1)Nc1ccccc1Br. The van der Waals surface area contributed by atoms with Crippen molar-refractivity contribution < 1.29 is 14.6 Å². The summed E-state index contributed by atoms with van der Waals surface area (Å²) in [6, 6.07) is 14.7. The molecular formula is C16H16BrNO3. The number of ether oxygens (including phenoxy) is 1. The second-order valence-corrected chi connectivity index (χ2v) is 5.29. The summed E-state index contributed by atoms with van der Waals surface area (Å²) in [5.41, 5.74) is 1.74. The van der Waals surface area contributed by atoms with Crippen LogP contribution in [-0.4, -0.2) is 24.2 Å². The van der Waals surface area contributed by atoms with Gasteiger partial charge >= 0.3 is 0 Å². The lowest BCUT2D eigenvalue weighted by molar-refractivity contribution is -0.118. The van der Waals surface area contributed by atoms with Gasteiger partial charge in [-0.2, -0.15) is 0 Å². The Morgan fingerprint density at radius 2 is 1.86 bits per heavy atom. The molecule has 2 rings (SSSR count).